The average molecular weight is 626 g/mol. The smallest absolute Gasteiger partial charge is 0.248 e. The molecule has 244 valence electrons. The van der Waals surface area contributed by atoms with Crippen LogP contribution in [-0.2, 0) is 0 Å². The summed E-state index contributed by atoms with van der Waals surface area (Å²) >= 11 is 0. The van der Waals surface area contributed by atoms with Gasteiger partial charge in [-0.2, -0.15) is 0 Å². The van der Waals surface area contributed by atoms with Crippen LogP contribution >= 0.6 is 0 Å². The first-order valence-corrected chi connectivity index (χ1v) is 15.2. The van der Waals surface area contributed by atoms with Crippen LogP contribution in [0.5, 0.6) is 0 Å². The first kappa shape index (κ1) is 36.5. The van der Waals surface area contributed by atoms with Crippen LogP contribution in [0, 0.1) is 6.92 Å². The molecule has 0 aliphatic rings. The van der Waals surface area contributed by atoms with Gasteiger partial charge < -0.3 is 8.98 Å². The Labute approximate surface area is 282 Å². The quantitative estimate of drug-likeness (QED) is 0.169. The van der Waals surface area contributed by atoms with Gasteiger partial charge in [-0.3, -0.25) is 0 Å². The molecule has 0 bridgehead atoms. The van der Waals surface area contributed by atoms with Gasteiger partial charge in [0.2, 0.25) is 11.8 Å². The summed E-state index contributed by atoms with van der Waals surface area (Å²) < 4.78 is 8.49. The van der Waals surface area contributed by atoms with E-state index in [-0.39, 0.29) is 29.7 Å². The highest BCUT2D eigenvalue weighted by atomic mass is 16.4. The lowest BCUT2D eigenvalue weighted by Gasteiger charge is -2.23. The number of rotatable bonds is 8. The van der Waals surface area contributed by atoms with E-state index in [0.29, 0.717) is 23.7 Å². The highest BCUT2D eigenvalue weighted by Gasteiger charge is 2.20. The summed E-state index contributed by atoms with van der Waals surface area (Å²) in [5.41, 5.74) is 9.54. The van der Waals surface area contributed by atoms with Crippen molar-refractivity contribution in [2.45, 2.75) is 75.3 Å². The minimum Gasteiger partial charge on any atom is -0.416 e. The fraction of sp³-hybridized carbons (Fsp3) is 0.256. The SMILES string of the molecule is C.C.C.C.CCC(CC(C)n1c2ccccc2c2cc(C)ccc21)c1ccc(-c2ccc(-c3nnc(-c4ccccc4)o3)cc2)cc1. The summed E-state index contributed by atoms with van der Waals surface area (Å²) in [6, 6.07) is 43.4. The maximum atomic E-state index is 5.94. The van der Waals surface area contributed by atoms with E-state index in [1.165, 1.54) is 44.1 Å². The minimum absolute atomic E-state index is 0. The largest absolute Gasteiger partial charge is 0.416 e. The van der Waals surface area contributed by atoms with Crippen molar-refractivity contribution < 1.29 is 4.42 Å². The Kier molecular flexibility index (Phi) is 12.1. The topological polar surface area (TPSA) is 43.9 Å². The fourth-order valence-corrected chi connectivity index (χ4v) is 6.44. The van der Waals surface area contributed by atoms with Gasteiger partial charge in [0, 0.05) is 39.0 Å². The predicted molar refractivity (Wildman–Crippen MR) is 204 cm³/mol. The zero-order valence-corrected chi connectivity index (χ0v) is 24.9. The number of hydrogen-bond acceptors (Lipinski definition) is 3. The van der Waals surface area contributed by atoms with E-state index in [9.17, 15) is 0 Å². The van der Waals surface area contributed by atoms with E-state index in [1.54, 1.807) is 0 Å². The van der Waals surface area contributed by atoms with Crippen LogP contribution in [0.4, 0.5) is 0 Å². The normalized spacial score (nSPS) is 11.9. The average Bonchev–Trinajstić information content (AvgIpc) is 3.68. The zero-order valence-electron chi connectivity index (χ0n) is 24.9. The number of aryl methyl sites for hydroxylation is 1. The van der Waals surface area contributed by atoms with Gasteiger partial charge in [-0.25, -0.2) is 0 Å². The van der Waals surface area contributed by atoms with Gasteiger partial charge in [0.1, 0.15) is 0 Å². The molecule has 2 atom stereocenters. The number of nitrogens with zero attached hydrogens (tertiary/aromatic N) is 3. The fourth-order valence-electron chi connectivity index (χ4n) is 6.44. The van der Waals surface area contributed by atoms with Gasteiger partial charge >= 0.3 is 0 Å². The molecule has 0 aliphatic carbocycles. The summed E-state index contributed by atoms with van der Waals surface area (Å²) in [5, 5.41) is 11.2. The summed E-state index contributed by atoms with van der Waals surface area (Å²) in [5.74, 6) is 1.53. The van der Waals surface area contributed by atoms with Gasteiger partial charge in [0.15, 0.2) is 0 Å². The molecule has 0 saturated heterocycles. The van der Waals surface area contributed by atoms with E-state index in [1.807, 2.05) is 30.3 Å². The second kappa shape index (κ2) is 15.6. The molecular formula is C43H51N3O. The molecule has 0 spiro atoms. The van der Waals surface area contributed by atoms with Gasteiger partial charge in [-0.1, -0.05) is 121 Å². The zero-order chi connectivity index (χ0) is 29.3. The molecule has 2 unspecified atom stereocenters. The lowest BCUT2D eigenvalue weighted by molar-refractivity contribution is 0.462. The summed E-state index contributed by atoms with van der Waals surface area (Å²) in [6.45, 7) is 6.85. The number of aromatic nitrogens is 3. The van der Waals surface area contributed by atoms with Crippen molar-refractivity contribution in [3.63, 3.8) is 0 Å². The third-order valence-corrected chi connectivity index (χ3v) is 8.72. The van der Waals surface area contributed by atoms with Crippen LogP contribution in [0.2, 0.25) is 0 Å². The molecule has 0 saturated carbocycles. The van der Waals surface area contributed by atoms with Crippen molar-refractivity contribution in [3.8, 4) is 34.0 Å². The molecule has 0 N–H and O–H groups in total. The first-order chi connectivity index (χ1) is 21.1. The predicted octanol–water partition coefficient (Wildman–Crippen LogP) is 13.2. The Morgan fingerprint density at radius 1 is 0.596 bits per heavy atom. The lowest BCUT2D eigenvalue weighted by Crippen LogP contribution is -2.10. The van der Waals surface area contributed by atoms with Gasteiger partial charge in [0.25, 0.3) is 0 Å². The molecule has 2 heterocycles. The van der Waals surface area contributed by atoms with Crippen LogP contribution in [0.3, 0.4) is 0 Å². The van der Waals surface area contributed by atoms with E-state index >= 15 is 0 Å². The Hall–Kier alpha value is -4.96. The van der Waals surface area contributed by atoms with Crippen LogP contribution in [0.1, 0.15) is 79.5 Å². The van der Waals surface area contributed by atoms with Crippen molar-refractivity contribution in [1.29, 1.82) is 0 Å². The molecule has 47 heavy (non-hydrogen) atoms. The molecule has 0 amide bonds. The standard InChI is InChI=1S/C39H35N3O.4CH4/c1-4-28(25-27(3)42-36-13-9-8-12-34(36)35-24-26(2)14-23-37(35)42)29-15-17-30(18-16-29)31-19-21-33(22-20-31)39-41-40-38(43-39)32-10-6-5-7-11-32;;;;/h5-24,27-28H,4,25H2,1-3H3;4*1H4. The maximum Gasteiger partial charge on any atom is 0.248 e. The highest BCUT2D eigenvalue weighted by molar-refractivity contribution is 6.08. The molecule has 5 aromatic carbocycles. The van der Waals surface area contributed by atoms with E-state index in [4.69, 9.17) is 4.42 Å². The molecule has 4 heteroatoms. The number of hydrogen-bond donors (Lipinski definition) is 0. The third-order valence-electron chi connectivity index (χ3n) is 8.72. The molecule has 2 aromatic heterocycles. The molecule has 7 aromatic rings. The molecule has 0 aliphatic heterocycles. The highest BCUT2D eigenvalue weighted by Crippen LogP contribution is 2.37. The molecule has 0 radical (unpaired) electrons. The Morgan fingerprint density at radius 3 is 1.77 bits per heavy atom. The second-order valence-corrected chi connectivity index (χ2v) is 11.6. The number of benzene rings is 5. The van der Waals surface area contributed by atoms with E-state index < -0.39 is 0 Å². The number of para-hydroxylation sites is 1. The summed E-state index contributed by atoms with van der Waals surface area (Å²) in [7, 11) is 0. The molecule has 0 fully saturated rings. The number of fused-ring (bicyclic) bond motifs is 3. The Bertz CT molecular complexity index is 2000. The Balaban J connectivity index is 0.00000150. The van der Waals surface area contributed by atoms with Gasteiger partial charge in [-0.05, 0) is 91.8 Å². The van der Waals surface area contributed by atoms with Crippen LogP contribution in [-0.4, -0.2) is 14.8 Å². The summed E-state index contributed by atoms with van der Waals surface area (Å²) in [6.07, 6.45) is 2.19. The molecular weight excluding hydrogens is 574 g/mol. The lowest BCUT2D eigenvalue weighted by atomic mass is 9.89. The molecule has 4 nitrogen and oxygen atoms in total. The minimum atomic E-state index is 0. The van der Waals surface area contributed by atoms with Gasteiger partial charge in [-0.15, -0.1) is 10.2 Å². The van der Waals surface area contributed by atoms with E-state index in [2.05, 4.69) is 127 Å². The van der Waals surface area contributed by atoms with Crippen molar-refractivity contribution in [3.05, 3.63) is 132 Å². The third kappa shape index (κ3) is 7.07. The van der Waals surface area contributed by atoms with Gasteiger partial charge in [0.05, 0.1) is 0 Å². The van der Waals surface area contributed by atoms with E-state index in [0.717, 1.165) is 24.0 Å². The Morgan fingerprint density at radius 2 is 1.13 bits per heavy atom. The summed E-state index contributed by atoms with van der Waals surface area (Å²) in [4.78, 5) is 0. The van der Waals surface area contributed by atoms with Crippen molar-refractivity contribution in [1.82, 2.24) is 14.8 Å². The van der Waals surface area contributed by atoms with Crippen LogP contribution < -0.4 is 0 Å². The van der Waals surface area contributed by atoms with Crippen molar-refractivity contribution >= 4 is 21.8 Å². The molecule has 7 rings (SSSR count). The van der Waals surface area contributed by atoms with Crippen molar-refractivity contribution in [2.75, 3.05) is 0 Å². The van der Waals surface area contributed by atoms with Crippen LogP contribution in [0.15, 0.2) is 126 Å². The van der Waals surface area contributed by atoms with Crippen LogP contribution in [0.25, 0.3) is 55.8 Å². The first-order valence-electron chi connectivity index (χ1n) is 15.2. The monoisotopic (exact) mass is 625 g/mol. The second-order valence-electron chi connectivity index (χ2n) is 11.6. The van der Waals surface area contributed by atoms with Crippen molar-refractivity contribution in [2.24, 2.45) is 0 Å². The maximum absolute atomic E-state index is 5.94.